The van der Waals surface area contributed by atoms with E-state index in [0.29, 0.717) is 25.7 Å². The first-order valence-corrected chi connectivity index (χ1v) is 26.1. The molecule has 0 radical (unpaired) electrons. The summed E-state index contributed by atoms with van der Waals surface area (Å²) in [6.07, 6.45) is 5.19. The molecule has 2 saturated carbocycles. The van der Waals surface area contributed by atoms with Gasteiger partial charge in [-0.3, -0.25) is 4.79 Å². The topological polar surface area (TPSA) is 65.0 Å². The lowest BCUT2D eigenvalue weighted by Crippen LogP contribution is -2.69. The molecule has 0 unspecified atom stereocenters. The van der Waals surface area contributed by atoms with Crippen LogP contribution in [0, 0.1) is 28.6 Å². The summed E-state index contributed by atoms with van der Waals surface area (Å²) >= 11 is 0. The van der Waals surface area contributed by atoms with E-state index in [-0.39, 0.29) is 38.1 Å². The van der Waals surface area contributed by atoms with Crippen molar-refractivity contribution in [2.75, 3.05) is 0 Å². The Bertz CT molecular complexity index is 1120. The maximum atomic E-state index is 14.5. The van der Waals surface area contributed by atoms with Crippen LogP contribution in [0.5, 0.6) is 0 Å². The van der Waals surface area contributed by atoms with Gasteiger partial charge >= 0.3 is 0 Å². The van der Waals surface area contributed by atoms with Gasteiger partial charge in [-0.2, -0.15) is 0 Å². The first-order valence-electron chi connectivity index (χ1n) is 17.4. The Morgan fingerprint density at radius 3 is 1.80 bits per heavy atom. The smallest absolute Gasteiger partial charge is 0.250 e. The molecule has 0 aromatic carbocycles. The molecule has 1 N–H and O–H groups in total. The summed E-state index contributed by atoms with van der Waals surface area (Å²) in [4.78, 5) is 14.5. The number of fused-ring (bicyclic) bond motifs is 3. The van der Waals surface area contributed by atoms with Crippen LogP contribution in [0.4, 0.5) is 0 Å². The number of carbonyl (C=O) groups is 1. The third-order valence-electron chi connectivity index (χ3n) is 13.7. The van der Waals surface area contributed by atoms with Crippen molar-refractivity contribution in [1.82, 2.24) is 0 Å². The van der Waals surface area contributed by atoms with Gasteiger partial charge in [-0.05, 0) is 97.5 Å². The number of rotatable bonds is 6. The van der Waals surface area contributed by atoms with E-state index in [1.807, 2.05) is 0 Å². The summed E-state index contributed by atoms with van der Waals surface area (Å²) in [7, 11) is -6.90. The summed E-state index contributed by atoms with van der Waals surface area (Å²) in [5.74, 6) is -0.297. The van der Waals surface area contributed by atoms with Gasteiger partial charge < -0.3 is 18.4 Å². The first-order chi connectivity index (χ1) is 19.3. The Kier molecular flexibility index (Phi) is 9.91. The van der Waals surface area contributed by atoms with E-state index in [1.54, 1.807) is 0 Å². The number of Topliss-reactive ketones (excluding diaryl/α,β-unsaturated/α-hetero) is 1. The molecule has 2 fully saturated rings. The molecule has 0 aromatic rings. The lowest BCUT2D eigenvalue weighted by atomic mass is 9.50. The fourth-order valence-electron chi connectivity index (χ4n) is 7.01. The van der Waals surface area contributed by atoms with E-state index in [9.17, 15) is 9.90 Å². The van der Waals surface area contributed by atoms with Crippen LogP contribution in [-0.2, 0) is 18.1 Å². The summed E-state index contributed by atoms with van der Waals surface area (Å²) in [5, 5.41) is 13.3. The fraction of sp³-hybridized carbons (Fsp3) is 0.917. The van der Waals surface area contributed by atoms with E-state index in [2.05, 4.69) is 128 Å². The van der Waals surface area contributed by atoms with Crippen LogP contribution in [0.3, 0.4) is 0 Å². The molecule has 0 amide bonds. The molecule has 0 aliphatic heterocycles. The molecule has 3 aliphatic rings. The Morgan fingerprint density at radius 1 is 0.818 bits per heavy atom. The van der Waals surface area contributed by atoms with Crippen LogP contribution in [0.25, 0.3) is 0 Å². The molecular formula is C36H70O5Si3. The molecule has 256 valence electrons. The molecule has 3 rings (SSSR count). The molecule has 5 nitrogen and oxygen atoms in total. The maximum absolute atomic E-state index is 14.5. The summed E-state index contributed by atoms with van der Waals surface area (Å²) in [5.41, 5.74) is -0.856. The highest BCUT2D eigenvalue weighted by Crippen LogP contribution is 2.62. The molecule has 2 bridgehead atoms. The van der Waals surface area contributed by atoms with Crippen molar-refractivity contribution >= 4 is 30.7 Å². The minimum absolute atomic E-state index is 0.0200. The summed E-state index contributed by atoms with van der Waals surface area (Å²) in [6.45, 7) is 40.7. The van der Waals surface area contributed by atoms with Crippen LogP contribution < -0.4 is 0 Å². The lowest BCUT2D eigenvalue weighted by Gasteiger charge is -2.61. The van der Waals surface area contributed by atoms with E-state index < -0.39 is 48.2 Å². The first kappa shape index (κ1) is 38.2. The zero-order valence-corrected chi connectivity index (χ0v) is 35.0. The normalized spacial score (nSPS) is 34.1. The Balaban J connectivity index is 2.25. The number of carbonyl (C=O) groups excluding carboxylic acids is 1. The van der Waals surface area contributed by atoms with Gasteiger partial charge in [-0.25, -0.2) is 0 Å². The lowest BCUT2D eigenvalue weighted by molar-refractivity contribution is -0.285. The van der Waals surface area contributed by atoms with Crippen LogP contribution in [0.1, 0.15) is 115 Å². The van der Waals surface area contributed by atoms with Crippen LogP contribution >= 0.6 is 0 Å². The molecule has 44 heavy (non-hydrogen) atoms. The van der Waals surface area contributed by atoms with Gasteiger partial charge in [0.1, 0.15) is 5.78 Å². The van der Waals surface area contributed by atoms with Gasteiger partial charge in [0, 0.05) is 23.7 Å². The van der Waals surface area contributed by atoms with Gasteiger partial charge in [0.15, 0.2) is 22.4 Å². The SMILES string of the molecule is CC1(C)[C@H]2CC=C(O[Si](C)(C)C(C)(C)C)[C@H]1C[C@@H]1[C@](O)(O[Si](C)(C)C(C)(C)C)[C@@H](O[Si](C)(C)C(C)(C)C)CC[C@@]1(C)C(=O)C2. The summed E-state index contributed by atoms with van der Waals surface area (Å²) < 4.78 is 21.6. The van der Waals surface area contributed by atoms with Crippen LogP contribution in [-0.4, -0.2) is 47.7 Å². The van der Waals surface area contributed by atoms with Gasteiger partial charge in [0.05, 0.1) is 11.9 Å². The van der Waals surface area contributed by atoms with Crippen LogP contribution in [0.15, 0.2) is 11.8 Å². The Hall–Kier alpha value is -0.259. The number of hydrogen-bond donors (Lipinski definition) is 1. The van der Waals surface area contributed by atoms with Crippen molar-refractivity contribution in [2.24, 2.45) is 28.6 Å². The van der Waals surface area contributed by atoms with Crippen molar-refractivity contribution in [2.45, 2.75) is 181 Å². The third-order valence-corrected chi connectivity index (χ3v) is 27.0. The number of allylic oxidation sites excluding steroid dienone is 2. The number of ketones is 1. The van der Waals surface area contributed by atoms with Crippen molar-refractivity contribution < 1.29 is 23.2 Å². The molecule has 8 heteroatoms. The number of aliphatic hydroxyl groups is 1. The second kappa shape index (κ2) is 11.4. The molecule has 0 aromatic heterocycles. The standard InChI is InChI=1S/C36H70O5Si3/c1-31(2,3)42(13,14)39-27-20-19-25-23-29(37)35(12)22-21-30(40-43(15,16)32(4,5)6)36(38,41-44(17,18)33(7,8)9)28(35)24-26(27)34(25,10)11/h20,25-26,28,30,38H,19,21-24H2,1-18H3/t25-,26+,28-,30-,35+,36-/m0/s1. The highest BCUT2D eigenvalue weighted by Gasteiger charge is 2.65. The van der Waals surface area contributed by atoms with Crippen molar-refractivity contribution in [3.63, 3.8) is 0 Å². The third kappa shape index (κ3) is 6.69. The zero-order valence-electron chi connectivity index (χ0n) is 32.0. The van der Waals surface area contributed by atoms with E-state index in [4.69, 9.17) is 13.3 Å². The summed E-state index contributed by atoms with van der Waals surface area (Å²) in [6, 6.07) is 0. The molecule has 6 atom stereocenters. The van der Waals surface area contributed by atoms with E-state index >= 15 is 0 Å². The average Bonchev–Trinajstić information content (AvgIpc) is 2.78. The minimum Gasteiger partial charge on any atom is -0.547 e. The fourth-order valence-corrected chi connectivity index (χ4v) is 10.9. The van der Waals surface area contributed by atoms with Gasteiger partial charge in [0.25, 0.3) is 0 Å². The van der Waals surface area contributed by atoms with E-state index in [0.717, 1.165) is 12.2 Å². The molecule has 0 saturated heterocycles. The Morgan fingerprint density at radius 2 is 1.32 bits per heavy atom. The predicted octanol–water partition coefficient (Wildman–Crippen LogP) is 10.4. The van der Waals surface area contributed by atoms with Crippen molar-refractivity contribution in [3.05, 3.63) is 11.8 Å². The predicted molar refractivity (Wildman–Crippen MR) is 192 cm³/mol. The highest BCUT2D eigenvalue weighted by molar-refractivity contribution is 6.75. The molecule has 0 spiro atoms. The molecular weight excluding hydrogens is 597 g/mol. The highest BCUT2D eigenvalue weighted by atomic mass is 28.4. The molecule has 3 aliphatic carbocycles. The van der Waals surface area contributed by atoms with Gasteiger partial charge in [-0.15, -0.1) is 0 Å². The maximum Gasteiger partial charge on any atom is 0.250 e. The largest absolute Gasteiger partial charge is 0.547 e. The van der Waals surface area contributed by atoms with Crippen molar-refractivity contribution in [1.29, 1.82) is 0 Å². The monoisotopic (exact) mass is 666 g/mol. The second-order valence-electron chi connectivity index (χ2n) is 20.1. The van der Waals surface area contributed by atoms with Gasteiger partial charge in [-0.1, -0.05) is 83.1 Å². The second-order valence-corrected chi connectivity index (χ2v) is 34.3. The zero-order chi connectivity index (χ0) is 34.3. The number of hydrogen-bond acceptors (Lipinski definition) is 5. The molecule has 0 heterocycles. The van der Waals surface area contributed by atoms with Crippen LogP contribution in [0.2, 0.25) is 54.4 Å². The Labute approximate surface area is 275 Å². The average molecular weight is 667 g/mol. The minimum atomic E-state index is -2.50. The van der Waals surface area contributed by atoms with Crippen molar-refractivity contribution in [3.8, 4) is 0 Å². The van der Waals surface area contributed by atoms with Gasteiger partial charge in [0.2, 0.25) is 8.32 Å². The van der Waals surface area contributed by atoms with E-state index in [1.165, 1.54) is 0 Å². The quantitative estimate of drug-likeness (QED) is 0.226.